The van der Waals surface area contributed by atoms with Crippen LogP contribution in [0.3, 0.4) is 0 Å². The highest BCUT2D eigenvalue weighted by atomic mass is 32.2. The highest BCUT2D eigenvalue weighted by Gasteiger charge is 2.23. The molecular formula is C20H22N6OS2. The van der Waals surface area contributed by atoms with Gasteiger partial charge >= 0.3 is 0 Å². The van der Waals surface area contributed by atoms with Gasteiger partial charge in [-0.05, 0) is 35.9 Å². The van der Waals surface area contributed by atoms with Crippen LogP contribution in [-0.4, -0.2) is 36.0 Å². The summed E-state index contributed by atoms with van der Waals surface area (Å²) in [6, 6.07) is 12.1. The fourth-order valence-electron chi connectivity index (χ4n) is 3.06. The molecule has 1 unspecified atom stereocenters. The van der Waals surface area contributed by atoms with Crippen LogP contribution in [0.1, 0.15) is 32.2 Å². The molecule has 0 fully saturated rings. The van der Waals surface area contributed by atoms with E-state index >= 15 is 0 Å². The van der Waals surface area contributed by atoms with Crippen molar-refractivity contribution < 1.29 is 4.79 Å². The standard InChI is InChI=1S/C20H22N6OS2/c1-4-15(18(27)21-19-24-23-17(29-19)11-12(2)3)28-20-25-22-16-10-9-13-7-5-6-8-14(13)26(16)20/h5-10,12,15H,4,11H2,1-3H3,(H,21,24,27). The Morgan fingerprint density at radius 2 is 1.97 bits per heavy atom. The molecule has 9 heteroatoms. The van der Waals surface area contributed by atoms with Gasteiger partial charge in [-0.3, -0.25) is 14.5 Å². The largest absolute Gasteiger partial charge is 0.300 e. The molecule has 1 N–H and O–H groups in total. The molecule has 0 radical (unpaired) electrons. The number of carbonyl (C=O) groups excluding carboxylic acids is 1. The predicted molar refractivity (Wildman–Crippen MR) is 118 cm³/mol. The predicted octanol–water partition coefficient (Wildman–Crippen LogP) is 4.44. The number of rotatable bonds is 7. The van der Waals surface area contributed by atoms with E-state index in [0.717, 1.165) is 28.0 Å². The molecule has 0 aliphatic heterocycles. The van der Waals surface area contributed by atoms with Crippen molar-refractivity contribution in [3.8, 4) is 0 Å². The molecule has 3 aromatic heterocycles. The van der Waals surface area contributed by atoms with Crippen molar-refractivity contribution >= 4 is 50.7 Å². The quantitative estimate of drug-likeness (QED) is 0.440. The molecule has 1 aromatic carbocycles. The van der Waals surface area contributed by atoms with Crippen molar-refractivity contribution in [2.24, 2.45) is 5.92 Å². The van der Waals surface area contributed by atoms with Gasteiger partial charge in [-0.15, -0.1) is 20.4 Å². The van der Waals surface area contributed by atoms with E-state index in [2.05, 4.69) is 45.6 Å². The molecule has 1 atom stereocenters. The maximum atomic E-state index is 12.9. The summed E-state index contributed by atoms with van der Waals surface area (Å²) in [5, 5.41) is 22.8. The molecular weight excluding hydrogens is 404 g/mol. The first-order valence-electron chi connectivity index (χ1n) is 9.58. The topological polar surface area (TPSA) is 85.1 Å². The molecule has 150 valence electrons. The Kier molecular flexibility index (Phi) is 5.77. The minimum atomic E-state index is -0.307. The number of nitrogens with one attached hydrogen (secondary N) is 1. The summed E-state index contributed by atoms with van der Waals surface area (Å²) in [5.74, 6) is 0.406. The van der Waals surface area contributed by atoms with Gasteiger partial charge in [-0.25, -0.2) is 0 Å². The molecule has 29 heavy (non-hydrogen) atoms. The lowest BCUT2D eigenvalue weighted by Gasteiger charge is -2.12. The Labute approximate surface area is 176 Å². The zero-order valence-electron chi connectivity index (χ0n) is 16.5. The van der Waals surface area contributed by atoms with Crippen LogP contribution < -0.4 is 5.32 Å². The maximum absolute atomic E-state index is 12.9. The molecule has 0 bridgehead atoms. The lowest BCUT2D eigenvalue weighted by Crippen LogP contribution is -2.24. The van der Waals surface area contributed by atoms with E-state index < -0.39 is 0 Å². The van der Waals surface area contributed by atoms with Gasteiger partial charge in [0.1, 0.15) is 5.01 Å². The monoisotopic (exact) mass is 426 g/mol. The first kappa shape index (κ1) is 19.8. The molecule has 0 aliphatic carbocycles. The van der Waals surface area contributed by atoms with Gasteiger partial charge in [0.25, 0.3) is 0 Å². The third kappa shape index (κ3) is 4.25. The van der Waals surface area contributed by atoms with E-state index in [0.29, 0.717) is 22.6 Å². The Bertz CT molecular complexity index is 1150. The number of thioether (sulfide) groups is 1. The Hall–Kier alpha value is -2.52. The summed E-state index contributed by atoms with van der Waals surface area (Å²) >= 11 is 2.85. The van der Waals surface area contributed by atoms with Crippen molar-refractivity contribution in [3.05, 3.63) is 41.4 Å². The van der Waals surface area contributed by atoms with Gasteiger partial charge < -0.3 is 0 Å². The molecule has 4 rings (SSSR count). The summed E-state index contributed by atoms with van der Waals surface area (Å²) in [4.78, 5) is 12.9. The van der Waals surface area contributed by atoms with Crippen LogP contribution in [0.15, 0.2) is 41.6 Å². The highest BCUT2D eigenvalue weighted by Crippen LogP contribution is 2.29. The van der Waals surface area contributed by atoms with Crippen LogP contribution in [-0.2, 0) is 11.2 Å². The number of pyridine rings is 1. The van der Waals surface area contributed by atoms with Crippen molar-refractivity contribution in [2.75, 3.05) is 5.32 Å². The summed E-state index contributed by atoms with van der Waals surface area (Å²) in [7, 11) is 0. The average molecular weight is 427 g/mol. The van der Waals surface area contributed by atoms with E-state index in [1.54, 1.807) is 0 Å². The minimum Gasteiger partial charge on any atom is -0.300 e. The lowest BCUT2D eigenvalue weighted by molar-refractivity contribution is -0.115. The molecule has 0 saturated carbocycles. The molecule has 0 aliphatic rings. The summed E-state index contributed by atoms with van der Waals surface area (Å²) < 4.78 is 2.00. The van der Waals surface area contributed by atoms with Crippen LogP contribution in [0.2, 0.25) is 0 Å². The van der Waals surface area contributed by atoms with Gasteiger partial charge in [0.2, 0.25) is 11.0 Å². The van der Waals surface area contributed by atoms with Gasteiger partial charge in [0, 0.05) is 6.42 Å². The first-order valence-corrected chi connectivity index (χ1v) is 11.3. The fraction of sp³-hybridized carbons (Fsp3) is 0.350. The molecule has 3 heterocycles. The van der Waals surface area contributed by atoms with Gasteiger partial charge in [0.15, 0.2) is 10.8 Å². The zero-order valence-corrected chi connectivity index (χ0v) is 18.1. The lowest BCUT2D eigenvalue weighted by atomic mass is 10.1. The van der Waals surface area contributed by atoms with Crippen LogP contribution in [0, 0.1) is 5.92 Å². The Balaban J connectivity index is 1.55. The molecule has 0 saturated heterocycles. The number of nitrogens with zero attached hydrogens (tertiary/aromatic N) is 5. The number of benzene rings is 1. The SMILES string of the molecule is CCC(Sc1nnc2ccc3ccccc3n12)C(=O)Nc1nnc(CC(C)C)s1. The number of para-hydroxylation sites is 1. The summed E-state index contributed by atoms with van der Waals surface area (Å²) in [6.45, 7) is 6.26. The third-order valence-corrected chi connectivity index (χ3v) is 6.61. The molecule has 4 aromatic rings. The summed E-state index contributed by atoms with van der Waals surface area (Å²) in [6.07, 6.45) is 1.52. The number of fused-ring (bicyclic) bond motifs is 3. The number of aromatic nitrogens is 5. The maximum Gasteiger partial charge on any atom is 0.239 e. The molecule has 1 amide bonds. The van der Waals surface area contributed by atoms with Crippen molar-refractivity contribution in [2.45, 2.75) is 44.0 Å². The van der Waals surface area contributed by atoms with Gasteiger partial charge in [-0.2, -0.15) is 0 Å². The van der Waals surface area contributed by atoms with Crippen molar-refractivity contribution in [1.82, 2.24) is 24.8 Å². The Morgan fingerprint density at radius 1 is 1.14 bits per heavy atom. The van der Waals surface area contributed by atoms with E-state index in [4.69, 9.17) is 0 Å². The fourth-order valence-corrected chi connectivity index (χ4v) is 4.99. The second-order valence-electron chi connectivity index (χ2n) is 7.17. The zero-order chi connectivity index (χ0) is 20.4. The van der Waals surface area contributed by atoms with Gasteiger partial charge in [0.05, 0.1) is 10.8 Å². The molecule has 7 nitrogen and oxygen atoms in total. The van der Waals surface area contributed by atoms with Crippen LogP contribution in [0.4, 0.5) is 5.13 Å². The second kappa shape index (κ2) is 8.46. The van der Waals surface area contributed by atoms with E-state index in [9.17, 15) is 4.79 Å². The van der Waals surface area contributed by atoms with Crippen LogP contribution in [0.25, 0.3) is 16.6 Å². The second-order valence-corrected chi connectivity index (χ2v) is 9.40. The van der Waals surface area contributed by atoms with E-state index in [1.807, 2.05) is 41.7 Å². The number of hydrogen-bond donors (Lipinski definition) is 1. The normalized spacial score (nSPS) is 12.7. The third-order valence-electron chi connectivity index (χ3n) is 4.44. The average Bonchev–Trinajstić information content (AvgIpc) is 3.32. The summed E-state index contributed by atoms with van der Waals surface area (Å²) in [5.41, 5.74) is 1.79. The first-order chi connectivity index (χ1) is 14.0. The van der Waals surface area contributed by atoms with E-state index in [1.165, 1.54) is 23.1 Å². The van der Waals surface area contributed by atoms with Crippen LogP contribution in [0.5, 0.6) is 0 Å². The van der Waals surface area contributed by atoms with Gasteiger partial charge in [-0.1, -0.05) is 62.1 Å². The number of amides is 1. The van der Waals surface area contributed by atoms with Crippen molar-refractivity contribution in [1.29, 1.82) is 0 Å². The number of anilines is 1. The molecule has 0 spiro atoms. The minimum absolute atomic E-state index is 0.0956. The highest BCUT2D eigenvalue weighted by molar-refractivity contribution is 8.00. The number of hydrogen-bond acceptors (Lipinski definition) is 7. The Morgan fingerprint density at radius 3 is 2.76 bits per heavy atom. The van der Waals surface area contributed by atoms with E-state index in [-0.39, 0.29) is 11.2 Å². The smallest absolute Gasteiger partial charge is 0.239 e. The van der Waals surface area contributed by atoms with Crippen LogP contribution >= 0.6 is 23.1 Å². The number of carbonyl (C=O) groups is 1. The van der Waals surface area contributed by atoms with Crippen molar-refractivity contribution in [3.63, 3.8) is 0 Å².